The lowest BCUT2D eigenvalue weighted by molar-refractivity contribution is -0.121. The van der Waals surface area contributed by atoms with Crippen LogP contribution in [0.3, 0.4) is 0 Å². The highest BCUT2D eigenvalue weighted by molar-refractivity contribution is 8.26. The first-order valence-electron chi connectivity index (χ1n) is 5.11. The lowest BCUT2D eigenvalue weighted by Gasteiger charge is -2.05. The molecule has 0 aliphatic carbocycles. The van der Waals surface area contributed by atoms with E-state index in [1.165, 1.54) is 22.7 Å². The number of rotatable bonds is 2. The van der Waals surface area contributed by atoms with Crippen LogP contribution in [0.25, 0.3) is 6.08 Å². The van der Waals surface area contributed by atoms with Crippen molar-refractivity contribution in [2.75, 3.05) is 14.2 Å². The van der Waals surface area contributed by atoms with Gasteiger partial charge < -0.3 is 9.84 Å². The Morgan fingerprint density at radius 3 is 2.78 bits per heavy atom. The van der Waals surface area contributed by atoms with Crippen molar-refractivity contribution in [1.29, 1.82) is 0 Å². The molecule has 0 saturated carbocycles. The summed E-state index contributed by atoms with van der Waals surface area (Å²) in [4.78, 5) is 13.7. The van der Waals surface area contributed by atoms with Crippen molar-refractivity contribution in [1.82, 2.24) is 4.90 Å². The molecule has 0 aromatic heterocycles. The van der Waals surface area contributed by atoms with Gasteiger partial charge in [-0.05, 0) is 24.3 Å². The van der Waals surface area contributed by atoms with Gasteiger partial charge in [-0.15, -0.1) is 0 Å². The summed E-state index contributed by atoms with van der Waals surface area (Å²) in [5, 5.41) is 9.74. The molecule has 1 aromatic carbocycles. The summed E-state index contributed by atoms with van der Waals surface area (Å²) in [7, 11) is 3.17. The molecule has 6 heteroatoms. The van der Waals surface area contributed by atoms with Gasteiger partial charge in [0.25, 0.3) is 5.91 Å². The Bertz CT molecular complexity index is 554. The maximum Gasteiger partial charge on any atom is 0.265 e. The molecule has 1 aliphatic rings. The first-order valence-corrected chi connectivity index (χ1v) is 6.34. The van der Waals surface area contributed by atoms with Gasteiger partial charge in [-0.1, -0.05) is 24.0 Å². The molecule has 1 amide bonds. The maximum atomic E-state index is 11.8. The number of benzene rings is 1. The largest absolute Gasteiger partial charge is 0.507 e. The molecular formula is C12H11NO3S2. The van der Waals surface area contributed by atoms with Gasteiger partial charge in [0.15, 0.2) is 0 Å². The zero-order chi connectivity index (χ0) is 13.3. The number of thioether (sulfide) groups is 1. The van der Waals surface area contributed by atoms with E-state index in [1.807, 2.05) is 0 Å². The third-order valence-electron chi connectivity index (χ3n) is 2.51. The zero-order valence-electron chi connectivity index (χ0n) is 9.84. The number of phenols is 1. The number of ether oxygens (including phenoxy) is 1. The average Bonchev–Trinajstić information content (AvgIpc) is 2.60. The number of hydrogen-bond acceptors (Lipinski definition) is 5. The summed E-state index contributed by atoms with van der Waals surface area (Å²) in [5.41, 5.74) is 0.531. The van der Waals surface area contributed by atoms with Crippen molar-refractivity contribution in [2.45, 2.75) is 0 Å². The van der Waals surface area contributed by atoms with E-state index in [0.717, 1.165) is 0 Å². The van der Waals surface area contributed by atoms with Crippen LogP contribution in [0.15, 0.2) is 23.1 Å². The summed E-state index contributed by atoms with van der Waals surface area (Å²) in [5.74, 6) is 0.551. The van der Waals surface area contributed by atoms with Crippen LogP contribution in [-0.2, 0) is 4.79 Å². The van der Waals surface area contributed by atoms with Gasteiger partial charge in [0.2, 0.25) is 0 Å². The number of carbonyl (C=O) groups excluding carboxylic acids is 1. The third kappa shape index (κ3) is 2.34. The van der Waals surface area contributed by atoms with Gasteiger partial charge in [0.1, 0.15) is 15.8 Å². The monoisotopic (exact) mass is 281 g/mol. The Balaban J connectivity index is 2.39. The molecule has 18 heavy (non-hydrogen) atoms. The Kier molecular flexibility index (Phi) is 3.58. The van der Waals surface area contributed by atoms with Gasteiger partial charge in [-0.3, -0.25) is 9.69 Å². The summed E-state index contributed by atoms with van der Waals surface area (Å²) in [6.07, 6.45) is 1.61. The van der Waals surface area contributed by atoms with Gasteiger partial charge >= 0.3 is 0 Å². The van der Waals surface area contributed by atoms with E-state index in [2.05, 4.69) is 0 Å². The fraction of sp³-hybridized carbons (Fsp3) is 0.167. The Labute approximate surface area is 114 Å². The predicted molar refractivity (Wildman–Crippen MR) is 75.6 cm³/mol. The van der Waals surface area contributed by atoms with Gasteiger partial charge in [-0.25, -0.2) is 0 Å². The van der Waals surface area contributed by atoms with E-state index in [-0.39, 0.29) is 11.7 Å². The molecule has 1 aromatic rings. The zero-order valence-corrected chi connectivity index (χ0v) is 11.5. The molecule has 0 radical (unpaired) electrons. The lowest BCUT2D eigenvalue weighted by atomic mass is 10.1. The Morgan fingerprint density at radius 2 is 2.22 bits per heavy atom. The standard InChI is InChI=1S/C12H11NO3S2/c1-13-11(15)10(18-12(13)17)6-7-5-8(16-2)3-4-9(7)14/h3-6,14H,1-2H3. The lowest BCUT2D eigenvalue weighted by Crippen LogP contribution is -2.22. The SMILES string of the molecule is COc1ccc(O)c(C=C2SC(=S)N(C)C2=O)c1. The molecular weight excluding hydrogens is 270 g/mol. The van der Waals surface area contributed by atoms with E-state index in [4.69, 9.17) is 17.0 Å². The Hall–Kier alpha value is -1.53. The highest BCUT2D eigenvalue weighted by Crippen LogP contribution is 2.34. The van der Waals surface area contributed by atoms with Crippen LogP contribution in [0.4, 0.5) is 0 Å². The smallest absolute Gasteiger partial charge is 0.265 e. The number of methoxy groups -OCH3 is 1. The van der Waals surface area contributed by atoms with Crippen molar-refractivity contribution in [2.24, 2.45) is 0 Å². The fourth-order valence-corrected chi connectivity index (χ4v) is 2.63. The molecule has 1 aliphatic heterocycles. The topological polar surface area (TPSA) is 49.8 Å². The molecule has 1 N–H and O–H groups in total. The highest BCUT2D eigenvalue weighted by atomic mass is 32.2. The number of thiocarbonyl (C=S) groups is 1. The summed E-state index contributed by atoms with van der Waals surface area (Å²) < 4.78 is 5.58. The molecule has 1 fully saturated rings. The number of nitrogens with zero attached hydrogens (tertiary/aromatic N) is 1. The van der Waals surface area contributed by atoms with E-state index in [0.29, 0.717) is 20.5 Å². The minimum absolute atomic E-state index is 0.0946. The van der Waals surface area contributed by atoms with Crippen molar-refractivity contribution in [3.8, 4) is 11.5 Å². The average molecular weight is 281 g/mol. The number of phenolic OH excluding ortho intramolecular Hbond substituents is 1. The van der Waals surface area contributed by atoms with Crippen molar-refractivity contribution >= 4 is 40.3 Å². The molecule has 4 nitrogen and oxygen atoms in total. The molecule has 0 bridgehead atoms. The Morgan fingerprint density at radius 1 is 1.50 bits per heavy atom. The van der Waals surface area contributed by atoms with Crippen LogP contribution in [0.2, 0.25) is 0 Å². The van der Waals surface area contributed by atoms with Crippen LogP contribution in [0.1, 0.15) is 5.56 Å². The predicted octanol–water partition coefficient (Wildman–Crippen LogP) is 2.23. The first-order chi connectivity index (χ1) is 8.52. The number of likely N-dealkylation sites (N-methyl/N-ethyl adjacent to an activating group) is 1. The molecule has 2 rings (SSSR count). The minimum atomic E-state index is -0.160. The van der Waals surface area contributed by atoms with Crippen molar-refractivity contribution in [3.63, 3.8) is 0 Å². The second-order valence-electron chi connectivity index (χ2n) is 3.67. The second kappa shape index (κ2) is 4.99. The van der Waals surface area contributed by atoms with E-state index >= 15 is 0 Å². The van der Waals surface area contributed by atoms with Crippen LogP contribution in [-0.4, -0.2) is 34.4 Å². The van der Waals surface area contributed by atoms with Crippen molar-refractivity contribution < 1.29 is 14.6 Å². The molecule has 0 spiro atoms. The third-order valence-corrected chi connectivity index (χ3v) is 3.99. The van der Waals surface area contributed by atoms with Gasteiger partial charge in [0, 0.05) is 12.6 Å². The van der Waals surface area contributed by atoms with Crippen molar-refractivity contribution in [3.05, 3.63) is 28.7 Å². The van der Waals surface area contributed by atoms with Gasteiger partial charge in [0.05, 0.1) is 12.0 Å². The van der Waals surface area contributed by atoms with E-state index in [9.17, 15) is 9.90 Å². The number of amides is 1. The fourth-order valence-electron chi connectivity index (χ4n) is 1.46. The number of hydrogen-bond donors (Lipinski definition) is 1. The normalized spacial score (nSPS) is 17.7. The van der Waals surface area contributed by atoms with Gasteiger partial charge in [-0.2, -0.15) is 0 Å². The van der Waals surface area contributed by atoms with E-state index < -0.39 is 0 Å². The summed E-state index contributed by atoms with van der Waals surface area (Å²) >= 11 is 6.25. The van der Waals surface area contributed by atoms with Crippen LogP contribution in [0.5, 0.6) is 11.5 Å². The van der Waals surface area contributed by atoms with Crippen LogP contribution in [0, 0.1) is 0 Å². The molecule has 1 heterocycles. The number of carbonyl (C=O) groups is 1. The highest BCUT2D eigenvalue weighted by Gasteiger charge is 2.28. The molecule has 0 atom stereocenters. The first kappa shape index (κ1) is 12.9. The summed E-state index contributed by atoms with van der Waals surface area (Å²) in [6.45, 7) is 0. The summed E-state index contributed by atoms with van der Waals surface area (Å²) in [6, 6.07) is 4.84. The number of aromatic hydroxyl groups is 1. The second-order valence-corrected chi connectivity index (χ2v) is 5.34. The quantitative estimate of drug-likeness (QED) is 0.665. The molecule has 94 valence electrons. The molecule has 0 unspecified atom stereocenters. The molecule has 1 saturated heterocycles. The maximum absolute atomic E-state index is 11.8. The van der Waals surface area contributed by atoms with E-state index in [1.54, 1.807) is 32.4 Å². The van der Waals surface area contributed by atoms with Crippen LogP contribution < -0.4 is 4.74 Å². The van der Waals surface area contributed by atoms with Crippen LogP contribution >= 0.6 is 24.0 Å². The minimum Gasteiger partial charge on any atom is -0.507 e.